The van der Waals surface area contributed by atoms with Crippen molar-refractivity contribution < 1.29 is 56.3 Å². The van der Waals surface area contributed by atoms with Gasteiger partial charge in [-0.1, -0.05) is 89.2 Å². The van der Waals surface area contributed by atoms with Gasteiger partial charge >= 0.3 is 0 Å². The fourth-order valence-electron chi connectivity index (χ4n) is 8.42. The lowest BCUT2D eigenvalue weighted by molar-refractivity contribution is 0.479. The van der Waals surface area contributed by atoms with Crippen LogP contribution in [-0.4, -0.2) is 51.9 Å². The summed E-state index contributed by atoms with van der Waals surface area (Å²) in [5.41, 5.74) is 4.34. The Kier molecular flexibility index (Phi) is 14.4. The Balaban J connectivity index is 1.85. The topological polar surface area (TPSA) is 255 Å². The van der Waals surface area contributed by atoms with Gasteiger partial charge in [-0.25, -0.2) is 4.99 Å². The molecule has 5 N–H and O–H groups in total. The number of rotatable bonds is 14. The van der Waals surface area contributed by atoms with E-state index >= 15 is 0 Å². The fraction of sp³-hybridized carbons (Fsp3) is 0.367. The zero-order valence-corrected chi connectivity index (χ0v) is 43.1. The van der Waals surface area contributed by atoms with Crippen LogP contribution in [0.25, 0.3) is 33.4 Å². The fourth-order valence-corrected chi connectivity index (χ4v) is 11.2. The second kappa shape index (κ2) is 18.7. The van der Waals surface area contributed by atoms with Crippen molar-refractivity contribution >= 4 is 68.5 Å². The molecule has 4 aromatic carbocycles. The largest absolute Gasteiger partial charge is 0.456 e. The lowest BCUT2D eigenvalue weighted by atomic mass is 9.87. The normalized spacial score (nSPS) is 13.5. The summed E-state index contributed by atoms with van der Waals surface area (Å²) in [6, 6.07) is 16.0. The number of nitrogens with one attached hydrogen (secondary N) is 1. The molecule has 4 aromatic rings. The highest BCUT2D eigenvalue weighted by Crippen LogP contribution is 2.47. The molecule has 0 saturated carbocycles. The second-order valence-corrected chi connectivity index (χ2v) is 24.6. The van der Waals surface area contributed by atoms with E-state index in [0.717, 1.165) is 6.07 Å². The molecule has 68 heavy (non-hydrogen) atoms. The molecule has 0 radical (unpaired) electrons. The molecule has 1 aliphatic carbocycles. The van der Waals surface area contributed by atoms with Crippen molar-refractivity contribution in [2.75, 3.05) is 5.32 Å². The van der Waals surface area contributed by atoms with Crippen molar-refractivity contribution in [2.45, 2.75) is 138 Å². The number of hydrogen-bond donors (Lipinski definition) is 5. The maximum Gasteiger partial charge on any atom is 0.296 e. The molecule has 0 unspecified atom stereocenters. The molecule has 19 heteroatoms. The lowest BCUT2D eigenvalue weighted by Gasteiger charge is -2.24. The van der Waals surface area contributed by atoms with Gasteiger partial charge in [0.1, 0.15) is 21.1 Å². The molecule has 2 aliphatic rings. The predicted octanol–water partition coefficient (Wildman–Crippen LogP) is 11.9. The van der Waals surface area contributed by atoms with Crippen molar-refractivity contribution in [1.29, 1.82) is 0 Å². The molecule has 0 bridgehead atoms. The summed E-state index contributed by atoms with van der Waals surface area (Å²) in [6.07, 6.45) is 0. The number of anilines is 2. The van der Waals surface area contributed by atoms with Gasteiger partial charge < -0.3 is 9.73 Å². The molecule has 0 amide bonds. The van der Waals surface area contributed by atoms with Gasteiger partial charge in [-0.2, -0.15) is 33.7 Å². The van der Waals surface area contributed by atoms with E-state index in [4.69, 9.17) is 9.41 Å². The number of fused-ring (bicyclic) bond motifs is 2. The van der Waals surface area contributed by atoms with Gasteiger partial charge in [0.05, 0.1) is 20.8 Å². The summed E-state index contributed by atoms with van der Waals surface area (Å²) in [5.74, 6) is -1.89. The van der Waals surface area contributed by atoms with Gasteiger partial charge in [-0.3, -0.25) is 18.2 Å². The van der Waals surface area contributed by atoms with Crippen molar-refractivity contribution in [3.63, 3.8) is 0 Å². The van der Waals surface area contributed by atoms with Gasteiger partial charge in [0.15, 0.2) is 0 Å². The summed E-state index contributed by atoms with van der Waals surface area (Å²) >= 11 is 0. The molecule has 0 spiro atoms. The van der Waals surface area contributed by atoms with Crippen molar-refractivity contribution in [2.24, 2.45) is 4.99 Å². The van der Waals surface area contributed by atoms with Gasteiger partial charge in [-0.05, 0) is 117 Å². The van der Waals surface area contributed by atoms with E-state index in [-0.39, 0.29) is 72.0 Å². The third-order valence-electron chi connectivity index (χ3n) is 11.9. The quantitative estimate of drug-likeness (QED) is 0.0502. The van der Waals surface area contributed by atoms with Crippen LogP contribution in [0.15, 0.2) is 95.7 Å². The van der Waals surface area contributed by atoms with E-state index in [2.05, 4.69) is 5.32 Å². The van der Waals surface area contributed by atoms with E-state index in [0.29, 0.717) is 44.8 Å². The summed E-state index contributed by atoms with van der Waals surface area (Å²) in [6.45, 7) is 21.9. The highest BCUT2D eigenvalue weighted by Gasteiger charge is 2.31. The summed E-state index contributed by atoms with van der Waals surface area (Å²) in [7, 11) is -19.4. The Hall–Kier alpha value is -4.99. The van der Waals surface area contributed by atoms with Crippen LogP contribution in [0.4, 0.5) is 17.1 Å². The smallest absolute Gasteiger partial charge is 0.296 e. The van der Waals surface area contributed by atoms with Crippen LogP contribution in [0, 0.1) is 0 Å². The van der Waals surface area contributed by atoms with E-state index in [1.807, 2.05) is 41.5 Å². The molecule has 0 fully saturated rings. The monoisotopic (exact) mass is 1010 g/mol. The van der Waals surface area contributed by atoms with E-state index in [1.165, 1.54) is 30.3 Å². The third-order valence-corrected chi connectivity index (χ3v) is 15.5. The average molecular weight is 1010 g/mol. The molecular formula is C49H58N2O13S4. The van der Waals surface area contributed by atoms with Crippen LogP contribution in [0.3, 0.4) is 0 Å². The van der Waals surface area contributed by atoms with Crippen molar-refractivity contribution in [1.82, 2.24) is 0 Å². The highest BCUT2D eigenvalue weighted by molar-refractivity contribution is 7.86. The molecule has 1 aliphatic heterocycles. The molecule has 1 heterocycles. The van der Waals surface area contributed by atoms with Crippen LogP contribution in [0.5, 0.6) is 0 Å². The number of hydrogen-bond acceptors (Lipinski definition) is 11. The lowest BCUT2D eigenvalue weighted by Crippen LogP contribution is -2.17. The van der Waals surface area contributed by atoms with Gasteiger partial charge in [0.2, 0.25) is 0 Å². The second-order valence-electron chi connectivity index (χ2n) is 19.0. The Morgan fingerprint density at radius 1 is 0.500 bits per heavy atom. The van der Waals surface area contributed by atoms with Crippen LogP contribution >= 0.6 is 0 Å². The first-order valence-corrected chi connectivity index (χ1v) is 27.8. The molecular weight excluding hydrogens is 953 g/mol. The third kappa shape index (κ3) is 10.6. The molecule has 0 atom stereocenters. The minimum absolute atomic E-state index is 0.0187. The summed E-state index contributed by atoms with van der Waals surface area (Å²) in [5, 5.41) is 3.38. The Morgan fingerprint density at radius 2 is 0.985 bits per heavy atom. The predicted molar refractivity (Wildman–Crippen MR) is 263 cm³/mol. The Labute approximate surface area is 399 Å². The molecule has 6 rings (SSSR count). The molecule has 0 aromatic heterocycles. The number of benzene rings is 5. The first-order valence-electron chi connectivity index (χ1n) is 22.0. The molecule has 366 valence electrons. The van der Waals surface area contributed by atoms with Crippen molar-refractivity contribution in [3.8, 4) is 22.5 Å². The van der Waals surface area contributed by atoms with E-state index < -0.39 is 68.0 Å². The van der Waals surface area contributed by atoms with E-state index in [1.54, 1.807) is 71.9 Å². The van der Waals surface area contributed by atoms with Gasteiger partial charge in [-0.15, -0.1) is 0 Å². The maximum absolute atomic E-state index is 13.6. The van der Waals surface area contributed by atoms with Crippen LogP contribution in [-0.2, 0) is 40.5 Å². The maximum atomic E-state index is 13.6. The minimum Gasteiger partial charge on any atom is -0.456 e. The van der Waals surface area contributed by atoms with Crippen LogP contribution in [0.2, 0.25) is 0 Å². The van der Waals surface area contributed by atoms with Gasteiger partial charge in [0.25, 0.3) is 40.5 Å². The first-order chi connectivity index (χ1) is 31.2. The summed E-state index contributed by atoms with van der Waals surface area (Å²) in [4.78, 5) is 3.04. The standard InChI is InChI=1S/C49H58N2O13S4/c1-24(2)30-15-39(29(11)12)49(68(61,62)63)41(16-30)46-34-14-13-31(50-47-35(25(3)4)18-32(65(52,53)54)19-36(47)26(5)6)17-43(34)64-44-23-42(45(22-40(44)46)67(58,59)60)51-48-37(27(7)8)20-33(66(55,56)57)21-38(48)28(9)10/h13-29,50H,1-12H3,(H,52,53,54)(H,55,56,57)(H,58,59,60)(H,61,62,63). The average Bonchev–Trinajstić information content (AvgIpc) is 3.20. The molecule has 0 saturated heterocycles. The van der Waals surface area contributed by atoms with Crippen LogP contribution < -0.4 is 10.7 Å². The Bertz CT molecular complexity index is 3440. The highest BCUT2D eigenvalue weighted by atomic mass is 32.2. The molecule has 15 nitrogen and oxygen atoms in total. The van der Waals surface area contributed by atoms with E-state index in [9.17, 15) is 51.9 Å². The van der Waals surface area contributed by atoms with Crippen molar-refractivity contribution in [3.05, 3.63) is 105 Å². The van der Waals surface area contributed by atoms with Crippen LogP contribution in [0.1, 0.15) is 152 Å². The zero-order chi connectivity index (χ0) is 50.9. The minimum atomic E-state index is -5.15. The number of nitrogens with zero attached hydrogens (tertiary/aromatic N) is 1. The first kappa shape index (κ1) is 52.4. The Morgan fingerprint density at radius 3 is 1.41 bits per heavy atom. The summed E-state index contributed by atoms with van der Waals surface area (Å²) < 4.78 is 153. The SMILES string of the molecule is CC(C)c1cc(-c2c3cc(S(=O)(=O)O)c(=Nc4c(C(C)C)cc(S(=O)(=O)O)cc4C(C)C)cc-3oc3cc(Nc4c(C(C)C)cc(S(=O)(=O)O)cc4C(C)C)ccc23)c(S(=O)(=O)O)c(C(C)C)c1. The van der Waals surface area contributed by atoms with Gasteiger partial charge in [0, 0.05) is 45.6 Å². The zero-order valence-electron chi connectivity index (χ0n) is 39.9.